The van der Waals surface area contributed by atoms with Crippen molar-refractivity contribution in [3.05, 3.63) is 169 Å². The van der Waals surface area contributed by atoms with Gasteiger partial charge in [0.15, 0.2) is 0 Å². The molecule has 0 amide bonds. The molecule has 1 unspecified atom stereocenters. The van der Waals surface area contributed by atoms with Crippen molar-refractivity contribution >= 4 is 72.2 Å². The molecule has 1 heterocycles. The first kappa shape index (κ1) is 26.5. The molecule has 8 aromatic rings. The van der Waals surface area contributed by atoms with Gasteiger partial charge in [-0.2, -0.15) is 0 Å². The molecule has 45 heavy (non-hydrogen) atoms. The van der Waals surface area contributed by atoms with Crippen LogP contribution >= 0.6 is 22.6 Å². The van der Waals surface area contributed by atoms with Crippen molar-refractivity contribution in [2.75, 3.05) is 4.90 Å². The molecule has 0 N–H and O–H groups in total. The summed E-state index contributed by atoms with van der Waals surface area (Å²) in [5, 5.41) is 4.96. The first-order valence-corrected chi connectivity index (χ1v) is 16.5. The van der Waals surface area contributed by atoms with Crippen molar-refractivity contribution in [2.45, 2.75) is 10.3 Å². The fraction of sp³-hybridized carbons (Fsp3) is 0.0476. The first-order chi connectivity index (χ1) is 22.1. The second kappa shape index (κ2) is 10.1. The fourth-order valence-electron chi connectivity index (χ4n) is 7.29. The van der Waals surface area contributed by atoms with Crippen LogP contribution in [0, 0.1) is 0 Å². The summed E-state index contributed by atoms with van der Waals surface area (Å²) in [7, 11) is 0. The summed E-state index contributed by atoms with van der Waals surface area (Å²) in [6.45, 7) is 2.34. The maximum absolute atomic E-state index is 2.64. The van der Waals surface area contributed by atoms with Crippen LogP contribution in [0.25, 0.3) is 49.4 Å². The van der Waals surface area contributed by atoms with Crippen molar-refractivity contribution < 1.29 is 0 Å². The van der Waals surface area contributed by atoms with Crippen molar-refractivity contribution in [1.29, 1.82) is 0 Å². The van der Waals surface area contributed by atoms with E-state index in [9.17, 15) is 0 Å². The van der Waals surface area contributed by atoms with Gasteiger partial charge in [0.1, 0.15) is 0 Å². The van der Waals surface area contributed by atoms with Gasteiger partial charge < -0.3 is 9.47 Å². The lowest BCUT2D eigenvalue weighted by molar-refractivity contribution is 0.915. The van der Waals surface area contributed by atoms with Crippen LogP contribution in [0.4, 0.5) is 17.1 Å². The second-order valence-corrected chi connectivity index (χ2v) is 14.2. The Kier molecular flexibility index (Phi) is 5.94. The van der Waals surface area contributed by atoms with Gasteiger partial charge in [0, 0.05) is 33.5 Å². The number of aromatic nitrogens is 1. The number of benzene rings is 7. The molecule has 3 heteroatoms. The number of rotatable bonds is 4. The van der Waals surface area contributed by atoms with E-state index in [4.69, 9.17) is 0 Å². The summed E-state index contributed by atoms with van der Waals surface area (Å²) < 4.78 is 2.27. The molecule has 1 aliphatic carbocycles. The average molecular weight is 689 g/mol. The summed E-state index contributed by atoms with van der Waals surface area (Å²) in [4.78, 5) is 2.43. The van der Waals surface area contributed by atoms with Gasteiger partial charge in [0.2, 0.25) is 0 Å². The van der Waals surface area contributed by atoms with E-state index in [0.717, 1.165) is 17.1 Å². The zero-order valence-corrected chi connectivity index (χ0v) is 26.9. The largest absolute Gasteiger partial charge is 0.310 e. The number of halogens is 1. The highest BCUT2D eigenvalue weighted by molar-refractivity contribution is 14.1. The molecule has 214 valence electrons. The normalized spacial score (nSPS) is 15.4. The van der Waals surface area contributed by atoms with E-state index < -0.39 is 0 Å². The molecule has 0 saturated carbocycles. The molecule has 1 atom stereocenters. The molecule has 0 fully saturated rings. The fourth-order valence-corrected chi connectivity index (χ4v) is 8.20. The van der Waals surface area contributed by atoms with Gasteiger partial charge in [-0.05, 0) is 101 Å². The van der Waals surface area contributed by atoms with E-state index in [-0.39, 0.29) is 3.42 Å². The van der Waals surface area contributed by atoms with E-state index in [2.05, 4.69) is 197 Å². The topological polar surface area (TPSA) is 8.17 Å². The summed E-state index contributed by atoms with van der Waals surface area (Å²) in [6.07, 6.45) is 0. The minimum atomic E-state index is -0.109. The minimum Gasteiger partial charge on any atom is -0.310 e. The SMILES string of the molecule is CC1(I)c2ccccc2-c2ccc(N(c3ccc4ccccc4c3)c3ccc4c(c3)c3ccccc3n4-c3ccccc3)cc21. The maximum atomic E-state index is 2.64. The molecule has 0 aliphatic heterocycles. The third kappa shape index (κ3) is 4.07. The summed E-state index contributed by atoms with van der Waals surface area (Å²) in [6, 6.07) is 57.6. The summed E-state index contributed by atoms with van der Waals surface area (Å²) in [5.74, 6) is 0. The van der Waals surface area contributed by atoms with Gasteiger partial charge >= 0.3 is 0 Å². The van der Waals surface area contributed by atoms with Gasteiger partial charge in [-0.1, -0.05) is 120 Å². The van der Waals surface area contributed by atoms with Crippen LogP contribution in [-0.4, -0.2) is 4.57 Å². The Hall–Kier alpha value is -4.87. The molecule has 7 aromatic carbocycles. The standard InChI is InChI=1S/C42H29IN2/c1-42(43)38-17-9-7-15-34(38)35-23-21-33(27-39(35)42)44(31-20-19-28-11-5-6-12-29(28)25-31)32-22-24-41-37(26-32)36-16-8-10-18-40(36)45(41)30-13-3-2-4-14-30/h2-27H,1H3. The van der Waals surface area contributed by atoms with Gasteiger partial charge in [0.05, 0.1) is 14.5 Å². The summed E-state index contributed by atoms with van der Waals surface area (Å²) >= 11 is 2.64. The van der Waals surface area contributed by atoms with Crippen LogP contribution < -0.4 is 4.90 Å². The van der Waals surface area contributed by atoms with Crippen molar-refractivity contribution in [3.63, 3.8) is 0 Å². The van der Waals surface area contributed by atoms with Crippen molar-refractivity contribution in [3.8, 4) is 16.8 Å². The number of para-hydroxylation sites is 2. The van der Waals surface area contributed by atoms with Crippen molar-refractivity contribution in [1.82, 2.24) is 4.57 Å². The molecule has 2 nitrogen and oxygen atoms in total. The zero-order chi connectivity index (χ0) is 30.1. The van der Waals surface area contributed by atoms with Crippen LogP contribution in [0.1, 0.15) is 18.1 Å². The second-order valence-electron chi connectivity index (χ2n) is 12.0. The maximum Gasteiger partial charge on any atom is 0.0703 e. The number of alkyl halides is 1. The monoisotopic (exact) mass is 688 g/mol. The Labute approximate surface area is 276 Å². The van der Waals surface area contributed by atoms with E-state index >= 15 is 0 Å². The number of nitrogens with zero attached hydrogens (tertiary/aromatic N) is 2. The van der Waals surface area contributed by atoms with E-state index in [1.807, 2.05) is 0 Å². The Bertz CT molecular complexity index is 2420. The number of anilines is 3. The highest BCUT2D eigenvalue weighted by Gasteiger charge is 2.37. The summed E-state index contributed by atoms with van der Waals surface area (Å²) in [5.41, 5.74) is 12.4. The Morgan fingerprint density at radius 3 is 2.00 bits per heavy atom. The Morgan fingerprint density at radius 1 is 0.489 bits per heavy atom. The first-order valence-electron chi connectivity index (χ1n) is 15.4. The third-order valence-electron chi connectivity index (χ3n) is 9.41. The van der Waals surface area contributed by atoms with E-state index in [1.54, 1.807) is 0 Å². The van der Waals surface area contributed by atoms with Crippen molar-refractivity contribution in [2.24, 2.45) is 0 Å². The minimum absolute atomic E-state index is 0.109. The lowest BCUT2D eigenvalue weighted by Gasteiger charge is -2.28. The number of hydrogen-bond donors (Lipinski definition) is 0. The number of fused-ring (bicyclic) bond motifs is 7. The van der Waals surface area contributed by atoms with Crippen LogP contribution in [0.2, 0.25) is 0 Å². The third-order valence-corrected chi connectivity index (χ3v) is 10.6. The molecule has 0 bridgehead atoms. The lowest BCUT2D eigenvalue weighted by atomic mass is 9.98. The molecule has 9 rings (SSSR count). The Morgan fingerprint density at radius 2 is 1.11 bits per heavy atom. The average Bonchev–Trinajstić information content (AvgIpc) is 3.54. The van der Waals surface area contributed by atoms with Crippen LogP contribution in [0.3, 0.4) is 0 Å². The molecule has 0 saturated heterocycles. The predicted molar refractivity (Wildman–Crippen MR) is 199 cm³/mol. The van der Waals surface area contributed by atoms with Crippen LogP contribution in [0.15, 0.2) is 158 Å². The van der Waals surface area contributed by atoms with Gasteiger partial charge in [-0.15, -0.1) is 0 Å². The van der Waals surface area contributed by atoms with E-state index in [1.165, 1.54) is 60.5 Å². The molecular formula is C42H29IN2. The number of hydrogen-bond acceptors (Lipinski definition) is 1. The van der Waals surface area contributed by atoms with Crippen LogP contribution in [-0.2, 0) is 3.42 Å². The van der Waals surface area contributed by atoms with E-state index in [0.29, 0.717) is 0 Å². The molecule has 0 spiro atoms. The van der Waals surface area contributed by atoms with Gasteiger partial charge in [0.25, 0.3) is 0 Å². The molecular weight excluding hydrogens is 659 g/mol. The smallest absolute Gasteiger partial charge is 0.0703 e. The highest BCUT2D eigenvalue weighted by Crippen LogP contribution is 2.54. The zero-order valence-electron chi connectivity index (χ0n) is 24.8. The lowest BCUT2D eigenvalue weighted by Crippen LogP contribution is -2.13. The molecule has 1 aromatic heterocycles. The molecule has 0 radical (unpaired) electrons. The predicted octanol–water partition coefficient (Wildman–Crippen LogP) is 12.1. The highest BCUT2D eigenvalue weighted by atomic mass is 127. The quantitative estimate of drug-likeness (QED) is 0.132. The van der Waals surface area contributed by atoms with Crippen LogP contribution in [0.5, 0.6) is 0 Å². The molecule has 1 aliphatic rings. The van der Waals surface area contributed by atoms with Gasteiger partial charge in [-0.25, -0.2) is 0 Å². The van der Waals surface area contributed by atoms with Gasteiger partial charge in [-0.3, -0.25) is 0 Å². The Balaban J connectivity index is 1.29.